The van der Waals surface area contributed by atoms with Crippen molar-refractivity contribution in [3.05, 3.63) is 53.6 Å². The van der Waals surface area contributed by atoms with Gasteiger partial charge in [-0.05, 0) is 61.7 Å². The quantitative estimate of drug-likeness (QED) is 0.697. The maximum Gasteiger partial charge on any atom is 0.246 e. The monoisotopic (exact) mass is 408 g/mol. The second-order valence-corrected chi connectivity index (χ2v) is 8.52. The SMILES string of the molecule is CCN1CCN(c2ccc(N[C@H](C)C(=O)Nc3ccccc3C(C)C)cc2C)CC1. The topological polar surface area (TPSA) is 47.6 Å². The highest BCUT2D eigenvalue weighted by Gasteiger charge is 2.19. The lowest BCUT2D eigenvalue weighted by Crippen LogP contribution is -2.46. The highest BCUT2D eigenvalue weighted by Crippen LogP contribution is 2.26. The van der Waals surface area contributed by atoms with Crippen LogP contribution in [0.5, 0.6) is 0 Å². The third kappa shape index (κ3) is 5.33. The fourth-order valence-electron chi connectivity index (χ4n) is 4.08. The summed E-state index contributed by atoms with van der Waals surface area (Å²) in [7, 11) is 0. The molecule has 5 nitrogen and oxygen atoms in total. The van der Waals surface area contributed by atoms with E-state index in [4.69, 9.17) is 0 Å². The normalized spacial score (nSPS) is 15.9. The Labute approximate surface area is 181 Å². The zero-order valence-electron chi connectivity index (χ0n) is 19.0. The molecule has 1 heterocycles. The van der Waals surface area contributed by atoms with Crippen molar-refractivity contribution in [1.82, 2.24) is 4.90 Å². The summed E-state index contributed by atoms with van der Waals surface area (Å²) in [5.41, 5.74) is 5.55. The van der Waals surface area contributed by atoms with Crippen molar-refractivity contribution < 1.29 is 4.79 Å². The Hall–Kier alpha value is -2.53. The van der Waals surface area contributed by atoms with Gasteiger partial charge in [-0.15, -0.1) is 0 Å². The molecule has 0 aromatic heterocycles. The standard InChI is InChI=1S/C25H36N4O/c1-6-28-13-15-29(16-14-28)24-12-11-21(17-19(24)4)26-20(5)25(30)27-23-10-8-7-9-22(23)18(2)3/h7-12,17-18,20,26H,6,13-16H2,1-5H3,(H,27,30)/t20-/m1/s1. The first-order chi connectivity index (χ1) is 14.4. The van der Waals surface area contributed by atoms with Crippen LogP contribution in [0.2, 0.25) is 0 Å². The second kappa shape index (κ2) is 9.98. The van der Waals surface area contributed by atoms with Gasteiger partial charge in [-0.3, -0.25) is 4.79 Å². The number of nitrogens with one attached hydrogen (secondary N) is 2. The minimum atomic E-state index is -0.330. The summed E-state index contributed by atoms with van der Waals surface area (Å²) in [5, 5.41) is 6.44. The summed E-state index contributed by atoms with van der Waals surface area (Å²) in [6, 6.07) is 14.1. The highest BCUT2D eigenvalue weighted by atomic mass is 16.2. The molecule has 30 heavy (non-hydrogen) atoms. The molecular weight excluding hydrogens is 372 g/mol. The molecular formula is C25H36N4O. The van der Waals surface area contributed by atoms with Crippen molar-refractivity contribution in [2.75, 3.05) is 48.3 Å². The number of benzene rings is 2. The zero-order valence-corrected chi connectivity index (χ0v) is 19.0. The summed E-state index contributed by atoms with van der Waals surface area (Å²) in [6.45, 7) is 16.0. The predicted molar refractivity (Wildman–Crippen MR) is 128 cm³/mol. The smallest absolute Gasteiger partial charge is 0.246 e. The van der Waals surface area contributed by atoms with E-state index < -0.39 is 0 Å². The molecule has 0 spiro atoms. The van der Waals surface area contributed by atoms with Crippen LogP contribution < -0.4 is 15.5 Å². The van der Waals surface area contributed by atoms with Gasteiger partial charge in [-0.1, -0.05) is 39.0 Å². The van der Waals surface area contributed by atoms with Gasteiger partial charge in [-0.25, -0.2) is 0 Å². The summed E-state index contributed by atoms with van der Waals surface area (Å²) < 4.78 is 0. The molecule has 5 heteroatoms. The van der Waals surface area contributed by atoms with Crippen LogP contribution in [0.4, 0.5) is 17.1 Å². The number of rotatable bonds is 7. The molecule has 2 aromatic carbocycles. The molecule has 2 aromatic rings. The van der Waals surface area contributed by atoms with E-state index in [0.29, 0.717) is 5.92 Å². The average molecular weight is 409 g/mol. The van der Waals surface area contributed by atoms with E-state index >= 15 is 0 Å². The number of anilines is 3. The number of carbonyl (C=O) groups excluding carboxylic acids is 1. The van der Waals surface area contributed by atoms with Crippen LogP contribution in [0.15, 0.2) is 42.5 Å². The number of hydrogen-bond acceptors (Lipinski definition) is 4. The van der Waals surface area contributed by atoms with Gasteiger partial charge in [0, 0.05) is 43.2 Å². The Morgan fingerprint density at radius 1 is 1.03 bits per heavy atom. The van der Waals surface area contributed by atoms with E-state index in [1.54, 1.807) is 0 Å². The molecule has 1 aliphatic rings. The summed E-state index contributed by atoms with van der Waals surface area (Å²) >= 11 is 0. The van der Waals surface area contributed by atoms with Crippen molar-refractivity contribution in [1.29, 1.82) is 0 Å². The van der Waals surface area contributed by atoms with E-state index in [9.17, 15) is 4.79 Å². The van der Waals surface area contributed by atoms with E-state index in [2.05, 4.69) is 72.4 Å². The van der Waals surface area contributed by atoms with Gasteiger partial charge in [0.15, 0.2) is 0 Å². The third-order valence-corrected chi connectivity index (χ3v) is 5.97. The van der Waals surface area contributed by atoms with Crippen LogP contribution in [-0.2, 0) is 4.79 Å². The van der Waals surface area contributed by atoms with Crippen molar-refractivity contribution in [2.45, 2.75) is 46.6 Å². The molecule has 1 amide bonds. The summed E-state index contributed by atoms with van der Waals surface area (Å²) in [6.07, 6.45) is 0. The van der Waals surface area contributed by atoms with Crippen molar-refractivity contribution in [2.24, 2.45) is 0 Å². The van der Waals surface area contributed by atoms with Gasteiger partial charge >= 0.3 is 0 Å². The Kier molecular flexibility index (Phi) is 7.38. The molecule has 1 saturated heterocycles. The number of piperazine rings is 1. The fourth-order valence-corrected chi connectivity index (χ4v) is 4.08. The van der Waals surface area contributed by atoms with Crippen LogP contribution in [0.25, 0.3) is 0 Å². The van der Waals surface area contributed by atoms with Crippen LogP contribution >= 0.6 is 0 Å². The molecule has 1 aliphatic heterocycles. The maximum atomic E-state index is 12.8. The molecule has 0 saturated carbocycles. The molecule has 2 N–H and O–H groups in total. The molecule has 3 rings (SSSR count). The minimum Gasteiger partial charge on any atom is -0.374 e. The number of likely N-dealkylation sites (N-methyl/N-ethyl adjacent to an activating group) is 1. The van der Waals surface area contributed by atoms with E-state index in [1.165, 1.54) is 11.3 Å². The largest absolute Gasteiger partial charge is 0.374 e. The molecule has 1 atom stereocenters. The fraction of sp³-hybridized carbons (Fsp3) is 0.480. The number of carbonyl (C=O) groups is 1. The van der Waals surface area contributed by atoms with E-state index in [0.717, 1.165) is 49.7 Å². The molecule has 162 valence electrons. The average Bonchev–Trinajstić information content (AvgIpc) is 2.74. The van der Waals surface area contributed by atoms with Crippen LogP contribution in [0, 0.1) is 6.92 Å². The first kappa shape index (κ1) is 22.2. The maximum absolute atomic E-state index is 12.8. The Morgan fingerprint density at radius 3 is 2.37 bits per heavy atom. The molecule has 0 bridgehead atoms. The lowest BCUT2D eigenvalue weighted by Gasteiger charge is -2.36. The highest BCUT2D eigenvalue weighted by molar-refractivity contribution is 5.97. The minimum absolute atomic E-state index is 0.0273. The van der Waals surface area contributed by atoms with Gasteiger partial charge in [-0.2, -0.15) is 0 Å². The number of hydrogen-bond donors (Lipinski definition) is 2. The van der Waals surface area contributed by atoms with Gasteiger partial charge in [0.25, 0.3) is 0 Å². The predicted octanol–water partition coefficient (Wildman–Crippen LogP) is 4.70. The number of nitrogens with zero attached hydrogens (tertiary/aromatic N) is 2. The van der Waals surface area contributed by atoms with Gasteiger partial charge in [0.2, 0.25) is 5.91 Å². The zero-order chi connectivity index (χ0) is 21.7. The van der Waals surface area contributed by atoms with Crippen molar-refractivity contribution >= 4 is 23.0 Å². The number of para-hydroxylation sites is 1. The number of amides is 1. The number of aryl methyl sites for hydroxylation is 1. The van der Waals surface area contributed by atoms with Crippen molar-refractivity contribution in [3.8, 4) is 0 Å². The Bertz CT molecular complexity index is 856. The van der Waals surface area contributed by atoms with Crippen molar-refractivity contribution in [3.63, 3.8) is 0 Å². The van der Waals surface area contributed by atoms with Gasteiger partial charge in [0.1, 0.15) is 6.04 Å². The lowest BCUT2D eigenvalue weighted by molar-refractivity contribution is -0.116. The first-order valence-electron chi connectivity index (χ1n) is 11.1. The molecule has 0 radical (unpaired) electrons. The second-order valence-electron chi connectivity index (χ2n) is 8.52. The summed E-state index contributed by atoms with van der Waals surface area (Å²) in [5.74, 6) is 0.333. The molecule has 1 fully saturated rings. The summed E-state index contributed by atoms with van der Waals surface area (Å²) in [4.78, 5) is 17.7. The molecule has 0 unspecified atom stereocenters. The third-order valence-electron chi connectivity index (χ3n) is 5.97. The lowest BCUT2D eigenvalue weighted by atomic mass is 10.0. The van der Waals surface area contributed by atoms with Gasteiger partial charge in [0.05, 0.1) is 0 Å². The molecule has 0 aliphatic carbocycles. The Balaban J connectivity index is 1.62. The Morgan fingerprint density at radius 2 is 1.73 bits per heavy atom. The van der Waals surface area contributed by atoms with E-state index in [-0.39, 0.29) is 11.9 Å². The van der Waals surface area contributed by atoms with Crippen LogP contribution in [0.3, 0.4) is 0 Å². The van der Waals surface area contributed by atoms with E-state index in [1.807, 2.05) is 25.1 Å². The first-order valence-corrected chi connectivity index (χ1v) is 11.1. The van der Waals surface area contributed by atoms with Crippen LogP contribution in [-0.4, -0.2) is 49.6 Å². The van der Waals surface area contributed by atoms with Crippen LogP contribution in [0.1, 0.15) is 44.7 Å². The van der Waals surface area contributed by atoms with Gasteiger partial charge < -0.3 is 20.4 Å².